The van der Waals surface area contributed by atoms with E-state index >= 15 is 0 Å². The highest BCUT2D eigenvalue weighted by molar-refractivity contribution is 5.91. The second-order valence-electron chi connectivity index (χ2n) is 4.99. The molecule has 1 saturated carbocycles. The van der Waals surface area contributed by atoms with Gasteiger partial charge in [0.25, 0.3) is 0 Å². The lowest BCUT2D eigenvalue weighted by Crippen LogP contribution is -2.44. The predicted octanol–water partition coefficient (Wildman–Crippen LogP) is 3.98. The number of hydrogen-bond acceptors (Lipinski definition) is 2. The number of aromatic nitrogens is 1. The minimum atomic E-state index is 0.303. The Kier molecular flexibility index (Phi) is 2.50. The van der Waals surface area contributed by atoms with Gasteiger partial charge in [-0.05, 0) is 37.1 Å². The summed E-state index contributed by atoms with van der Waals surface area (Å²) < 4.78 is 0. The maximum absolute atomic E-state index is 4.51. The summed E-state index contributed by atoms with van der Waals surface area (Å²) in [6.07, 6.45) is 6.96. The Bertz CT molecular complexity index is 518. The molecular formula is C15H18N2. The smallest absolute Gasteiger partial charge is 0.134 e. The van der Waals surface area contributed by atoms with E-state index in [1.165, 1.54) is 36.5 Å². The molecule has 0 unspecified atom stereocenters. The van der Waals surface area contributed by atoms with Gasteiger partial charge in [0, 0.05) is 17.1 Å². The molecule has 3 rings (SSSR count). The van der Waals surface area contributed by atoms with E-state index in [0.717, 1.165) is 5.82 Å². The summed E-state index contributed by atoms with van der Waals surface area (Å²) in [6, 6.07) is 10.5. The molecule has 1 aromatic heterocycles. The summed E-state index contributed by atoms with van der Waals surface area (Å²) in [4.78, 5) is 4.51. The first-order valence-electron chi connectivity index (χ1n) is 6.45. The van der Waals surface area contributed by atoms with Crippen molar-refractivity contribution in [2.45, 2.75) is 38.1 Å². The van der Waals surface area contributed by atoms with Crippen molar-refractivity contribution in [3.63, 3.8) is 0 Å². The first-order valence-corrected chi connectivity index (χ1v) is 6.45. The quantitative estimate of drug-likeness (QED) is 0.856. The monoisotopic (exact) mass is 226 g/mol. The fourth-order valence-corrected chi connectivity index (χ4v) is 2.64. The van der Waals surface area contributed by atoms with Crippen molar-refractivity contribution in [2.75, 3.05) is 5.32 Å². The van der Waals surface area contributed by atoms with Gasteiger partial charge >= 0.3 is 0 Å². The van der Waals surface area contributed by atoms with Gasteiger partial charge in [-0.3, -0.25) is 0 Å². The third kappa shape index (κ3) is 1.78. The Balaban J connectivity index is 2.00. The Morgan fingerprint density at radius 3 is 2.76 bits per heavy atom. The van der Waals surface area contributed by atoms with Crippen molar-refractivity contribution in [1.29, 1.82) is 0 Å². The second kappa shape index (κ2) is 4.02. The molecule has 2 nitrogen and oxygen atoms in total. The van der Waals surface area contributed by atoms with Gasteiger partial charge < -0.3 is 5.32 Å². The van der Waals surface area contributed by atoms with Crippen LogP contribution in [0.2, 0.25) is 0 Å². The summed E-state index contributed by atoms with van der Waals surface area (Å²) in [6.45, 7) is 2.26. The van der Waals surface area contributed by atoms with Crippen LogP contribution in [0, 0.1) is 0 Å². The van der Waals surface area contributed by atoms with Crippen molar-refractivity contribution < 1.29 is 0 Å². The molecule has 1 N–H and O–H groups in total. The molecule has 0 amide bonds. The van der Waals surface area contributed by atoms with E-state index in [2.05, 4.69) is 47.6 Å². The van der Waals surface area contributed by atoms with E-state index in [1.54, 1.807) is 0 Å². The molecule has 0 atom stereocenters. The van der Waals surface area contributed by atoms with Gasteiger partial charge in [-0.2, -0.15) is 0 Å². The Labute approximate surface area is 102 Å². The molecule has 1 aliphatic rings. The second-order valence-corrected chi connectivity index (χ2v) is 4.99. The van der Waals surface area contributed by atoms with E-state index in [4.69, 9.17) is 0 Å². The third-order valence-corrected chi connectivity index (χ3v) is 4.04. The summed E-state index contributed by atoms with van der Waals surface area (Å²) in [7, 11) is 0. The van der Waals surface area contributed by atoms with E-state index in [-0.39, 0.29) is 0 Å². The Hall–Kier alpha value is -1.57. The number of nitrogens with one attached hydrogen (secondary N) is 1. The van der Waals surface area contributed by atoms with Gasteiger partial charge in [-0.25, -0.2) is 4.98 Å². The molecule has 1 aromatic carbocycles. The van der Waals surface area contributed by atoms with Gasteiger partial charge in [0.1, 0.15) is 5.82 Å². The van der Waals surface area contributed by atoms with Gasteiger partial charge in [0.05, 0.1) is 0 Å². The lowest BCUT2D eigenvalue weighted by atomic mass is 9.75. The first kappa shape index (κ1) is 10.6. The lowest BCUT2D eigenvalue weighted by molar-refractivity contribution is 0.269. The van der Waals surface area contributed by atoms with Gasteiger partial charge in [-0.1, -0.05) is 31.2 Å². The molecule has 1 fully saturated rings. The SMILES string of the molecule is CCC1(Nc2nccc3ccccc23)CCC1. The van der Waals surface area contributed by atoms with Crippen molar-refractivity contribution in [3.05, 3.63) is 36.5 Å². The molecule has 17 heavy (non-hydrogen) atoms. The van der Waals surface area contributed by atoms with Gasteiger partial charge in [0.15, 0.2) is 0 Å². The molecule has 0 saturated heterocycles. The molecular weight excluding hydrogens is 208 g/mol. The highest BCUT2D eigenvalue weighted by Crippen LogP contribution is 2.38. The minimum Gasteiger partial charge on any atom is -0.364 e. The zero-order valence-corrected chi connectivity index (χ0v) is 10.2. The lowest BCUT2D eigenvalue weighted by Gasteiger charge is -2.42. The molecule has 0 bridgehead atoms. The van der Waals surface area contributed by atoms with Crippen molar-refractivity contribution >= 4 is 16.6 Å². The largest absolute Gasteiger partial charge is 0.364 e. The highest BCUT2D eigenvalue weighted by atomic mass is 15.1. The number of hydrogen-bond donors (Lipinski definition) is 1. The highest BCUT2D eigenvalue weighted by Gasteiger charge is 2.35. The minimum absolute atomic E-state index is 0.303. The van der Waals surface area contributed by atoms with Crippen molar-refractivity contribution in [1.82, 2.24) is 4.98 Å². The summed E-state index contributed by atoms with van der Waals surface area (Å²) >= 11 is 0. The molecule has 0 aliphatic heterocycles. The zero-order valence-electron chi connectivity index (χ0n) is 10.2. The Morgan fingerprint density at radius 2 is 2.06 bits per heavy atom. The molecule has 0 spiro atoms. The van der Waals surface area contributed by atoms with Crippen LogP contribution in [0.3, 0.4) is 0 Å². The topological polar surface area (TPSA) is 24.9 Å². The van der Waals surface area contributed by atoms with Crippen LogP contribution < -0.4 is 5.32 Å². The van der Waals surface area contributed by atoms with Crippen LogP contribution in [0.1, 0.15) is 32.6 Å². The first-order chi connectivity index (χ1) is 8.33. The number of rotatable bonds is 3. The average Bonchev–Trinajstić information content (AvgIpc) is 2.34. The number of nitrogens with zero attached hydrogens (tertiary/aromatic N) is 1. The maximum atomic E-state index is 4.51. The molecule has 88 valence electrons. The molecule has 2 aromatic rings. The van der Waals surface area contributed by atoms with Crippen LogP contribution in [0.4, 0.5) is 5.82 Å². The number of benzene rings is 1. The Morgan fingerprint density at radius 1 is 1.24 bits per heavy atom. The van der Waals surface area contributed by atoms with Crippen LogP contribution in [-0.2, 0) is 0 Å². The van der Waals surface area contributed by atoms with E-state index in [0.29, 0.717) is 5.54 Å². The summed E-state index contributed by atoms with van der Waals surface area (Å²) in [5.74, 6) is 1.05. The van der Waals surface area contributed by atoms with E-state index in [1.807, 2.05) is 6.20 Å². The number of fused-ring (bicyclic) bond motifs is 1. The van der Waals surface area contributed by atoms with Crippen LogP contribution >= 0.6 is 0 Å². The number of anilines is 1. The van der Waals surface area contributed by atoms with Crippen LogP contribution in [0.15, 0.2) is 36.5 Å². The molecule has 0 radical (unpaired) electrons. The average molecular weight is 226 g/mol. The summed E-state index contributed by atoms with van der Waals surface area (Å²) in [5.41, 5.74) is 0.303. The molecule has 1 heterocycles. The predicted molar refractivity (Wildman–Crippen MR) is 72.2 cm³/mol. The molecule has 1 aliphatic carbocycles. The fourth-order valence-electron chi connectivity index (χ4n) is 2.64. The van der Waals surface area contributed by atoms with E-state index in [9.17, 15) is 0 Å². The standard InChI is InChI=1S/C15H18N2/c1-2-15(9-5-10-15)17-14-13-7-4-3-6-12(13)8-11-16-14/h3-4,6-8,11H,2,5,9-10H2,1H3,(H,16,17). The van der Waals surface area contributed by atoms with E-state index < -0.39 is 0 Å². The van der Waals surface area contributed by atoms with Crippen molar-refractivity contribution in [2.24, 2.45) is 0 Å². The van der Waals surface area contributed by atoms with Crippen LogP contribution in [0.5, 0.6) is 0 Å². The zero-order chi connectivity index (χ0) is 11.7. The van der Waals surface area contributed by atoms with Gasteiger partial charge in [-0.15, -0.1) is 0 Å². The van der Waals surface area contributed by atoms with Crippen molar-refractivity contribution in [3.8, 4) is 0 Å². The number of pyridine rings is 1. The van der Waals surface area contributed by atoms with Gasteiger partial charge in [0.2, 0.25) is 0 Å². The third-order valence-electron chi connectivity index (χ3n) is 4.04. The normalized spacial score (nSPS) is 17.7. The van der Waals surface area contributed by atoms with Crippen LogP contribution in [-0.4, -0.2) is 10.5 Å². The maximum Gasteiger partial charge on any atom is 0.134 e. The summed E-state index contributed by atoms with van der Waals surface area (Å²) in [5, 5.41) is 6.16. The van der Waals surface area contributed by atoms with Crippen LogP contribution in [0.25, 0.3) is 10.8 Å². The molecule has 2 heteroatoms. The fraction of sp³-hybridized carbons (Fsp3) is 0.400.